The van der Waals surface area contributed by atoms with Gasteiger partial charge in [0.2, 0.25) is 0 Å². The molecule has 0 saturated heterocycles. The van der Waals surface area contributed by atoms with Crippen LogP contribution in [0.3, 0.4) is 0 Å². The van der Waals surface area contributed by atoms with E-state index in [1.54, 1.807) is 7.11 Å². The van der Waals surface area contributed by atoms with Crippen molar-refractivity contribution in [2.45, 2.75) is 6.17 Å². The lowest BCUT2D eigenvalue weighted by Gasteiger charge is -2.15. The Morgan fingerprint density at radius 2 is 2.00 bits per heavy atom. The normalized spacial score (nSPS) is 11.3. The molecule has 0 bridgehead atoms. The van der Waals surface area contributed by atoms with Crippen LogP contribution in [-0.2, 0) is 0 Å². The standard InChI is InChI=1S/C15H13ClN2OS/c1-19-14-7-5-11(6-8-14)15(17-10-20)18-13-4-2-3-12(16)9-13/h2-9,15,18H,1H3. The van der Waals surface area contributed by atoms with Crippen molar-refractivity contribution in [1.82, 2.24) is 0 Å². The highest BCUT2D eigenvalue weighted by atomic mass is 35.5. The SMILES string of the molecule is COc1ccc(C(N=C=S)Nc2cccc(Cl)c2)cc1. The number of hydrogen-bond donors (Lipinski definition) is 1. The second-order valence-corrected chi connectivity index (χ2v) is 4.67. The summed E-state index contributed by atoms with van der Waals surface area (Å²) >= 11 is 10.7. The first-order chi connectivity index (χ1) is 9.72. The number of anilines is 1. The van der Waals surface area contributed by atoms with Gasteiger partial charge in [-0.05, 0) is 48.1 Å². The quantitative estimate of drug-likeness (QED) is 0.649. The Kier molecular flexibility index (Phi) is 5.13. The first kappa shape index (κ1) is 14.5. The molecule has 0 heterocycles. The van der Waals surface area contributed by atoms with E-state index < -0.39 is 0 Å². The van der Waals surface area contributed by atoms with E-state index in [1.807, 2.05) is 48.5 Å². The Balaban J connectivity index is 2.24. The number of benzene rings is 2. The Hall–Kier alpha value is -1.87. The van der Waals surface area contributed by atoms with Gasteiger partial charge < -0.3 is 10.1 Å². The molecular weight excluding hydrogens is 292 g/mol. The molecule has 0 aromatic heterocycles. The smallest absolute Gasteiger partial charge is 0.154 e. The average molecular weight is 305 g/mol. The molecule has 1 N–H and O–H groups in total. The summed E-state index contributed by atoms with van der Waals surface area (Å²) in [5.41, 5.74) is 1.83. The maximum atomic E-state index is 5.97. The molecule has 102 valence electrons. The zero-order valence-corrected chi connectivity index (χ0v) is 12.4. The molecule has 0 saturated carbocycles. The summed E-state index contributed by atoms with van der Waals surface area (Å²) in [5, 5.41) is 6.33. The van der Waals surface area contributed by atoms with E-state index in [1.165, 1.54) is 0 Å². The fraction of sp³-hybridized carbons (Fsp3) is 0.133. The highest BCUT2D eigenvalue weighted by molar-refractivity contribution is 7.78. The highest BCUT2D eigenvalue weighted by Gasteiger charge is 2.09. The number of methoxy groups -OCH3 is 1. The van der Waals surface area contributed by atoms with Gasteiger partial charge >= 0.3 is 0 Å². The van der Waals surface area contributed by atoms with E-state index in [2.05, 4.69) is 15.5 Å². The first-order valence-corrected chi connectivity index (χ1v) is 6.74. The molecule has 2 aromatic rings. The van der Waals surface area contributed by atoms with Crippen molar-refractivity contribution in [3.63, 3.8) is 0 Å². The summed E-state index contributed by atoms with van der Waals surface area (Å²) in [6.07, 6.45) is -0.308. The van der Waals surface area contributed by atoms with Gasteiger partial charge in [0.1, 0.15) is 5.75 Å². The largest absolute Gasteiger partial charge is 0.497 e. The minimum atomic E-state index is -0.308. The number of aliphatic imine (C=N–C) groups is 1. The van der Waals surface area contributed by atoms with Gasteiger partial charge in [0, 0.05) is 10.7 Å². The van der Waals surface area contributed by atoms with Crippen molar-refractivity contribution >= 4 is 34.7 Å². The molecular formula is C15H13ClN2OS. The second-order valence-electron chi connectivity index (χ2n) is 4.05. The fourth-order valence-electron chi connectivity index (χ4n) is 1.77. The average Bonchev–Trinajstić information content (AvgIpc) is 2.47. The lowest BCUT2D eigenvalue weighted by molar-refractivity contribution is 0.414. The van der Waals surface area contributed by atoms with Crippen molar-refractivity contribution in [2.24, 2.45) is 4.99 Å². The number of halogens is 1. The predicted octanol–water partition coefficient (Wildman–Crippen LogP) is 4.56. The van der Waals surface area contributed by atoms with E-state index in [4.69, 9.17) is 28.6 Å². The summed E-state index contributed by atoms with van der Waals surface area (Å²) in [7, 11) is 1.63. The molecule has 1 unspecified atom stereocenters. The van der Waals surface area contributed by atoms with Gasteiger partial charge in [-0.1, -0.05) is 29.8 Å². The van der Waals surface area contributed by atoms with Crippen molar-refractivity contribution in [2.75, 3.05) is 12.4 Å². The predicted molar refractivity (Wildman–Crippen MR) is 85.8 cm³/mol. The molecule has 0 aliphatic rings. The van der Waals surface area contributed by atoms with Crippen LogP contribution in [-0.4, -0.2) is 12.3 Å². The number of isothiocyanates is 1. The summed E-state index contributed by atoms with van der Waals surface area (Å²) in [6.45, 7) is 0. The maximum Gasteiger partial charge on any atom is 0.154 e. The topological polar surface area (TPSA) is 33.6 Å². The molecule has 0 aliphatic heterocycles. The van der Waals surface area contributed by atoms with Gasteiger partial charge in [0.15, 0.2) is 6.17 Å². The van der Waals surface area contributed by atoms with E-state index in [9.17, 15) is 0 Å². The number of ether oxygens (including phenoxy) is 1. The Morgan fingerprint density at radius 1 is 1.25 bits per heavy atom. The lowest BCUT2D eigenvalue weighted by atomic mass is 10.1. The van der Waals surface area contributed by atoms with Crippen molar-refractivity contribution < 1.29 is 4.74 Å². The minimum absolute atomic E-state index is 0.308. The molecule has 0 amide bonds. The number of hydrogen-bond acceptors (Lipinski definition) is 4. The number of nitrogens with zero attached hydrogens (tertiary/aromatic N) is 1. The molecule has 0 aliphatic carbocycles. The highest BCUT2D eigenvalue weighted by Crippen LogP contribution is 2.24. The molecule has 5 heteroatoms. The minimum Gasteiger partial charge on any atom is -0.497 e. The Labute approximate surface area is 128 Å². The third kappa shape index (κ3) is 3.81. The molecule has 2 rings (SSSR count). The third-order valence-corrected chi connectivity index (χ3v) is 3.08. The van der Waals surface area contributed by atoms with Gasteiger partial charge in [-0.25, -0.2) is 4.99 Å². The zero-order chi connectivity index (χ0) is 14.4. The maximum absolute atomic E-state index is 5.97. The van der Waals surface area contributed by atoms with Crippen LogP contribution in [0.1, 0.15) is 11.7 Å². The van der Waals surface area contributed by atoms with Crippen LogP contribution in [0.25, 0.3) is 0 Å². The van der Waals surface area contributed by atoms with Crippen LogP contribution >= 0.6 is 23.8 Å². The zero-order valence-electron chi connectivity index (χ0n) is 10.8. The molecule has 1 atom stereocenters. The first-order valence-electron chi connectivity index (χ1n) is 5.96. The summed E-state index contributed by atoms with van der Waals surface area (Å²) in [4.78, 5) is 4.14. The van der Waals surface area contributed by atoms with Crippen LogP contribution in [0.5, 0.6) is 5.75 Å². The van der Waals surface area contributed by atoms with Crippen LogP contribution in [0.15, 0.2) is 53.5 Å². The Bertz CT molecular complexity index is 624. The molecule has 0 radical (unpaired) electrons. The Morgan fingerprint density at radius 3 is 2.60 bits per heavy atom. The van der Waals surface area contributed by atoms with E-state index in [0.717, 1.165) is 17.0 Å². The lowest BCUT2D eigenvalue weighted by Crippen LogP contribution is -2.08. The number of thiocarbonyl (C=S) groups is 1. The van der Waals surface area contributed by atoms with Gasteiger partial charge in [0.25, 0.3) is 0 Å². The summed E-state index contributed by atoms with van der Waals surface area (Å²) in [6, 6.07) is 15.0. The van der Waals surface area contributed by atoms with Gasteiger partial charge in [-0.15, -0.1) is 0 Å². The summed E-state index contributed by atoms with van der Waals surface area (Å²) < 4.78 is 5.14. The molecule has 2 aromatic carbocycles. The van der Waals surface area contributed by atoms with Crippen LogP contribution in [0, 0.1) is 0 Å². The van der Waals surface area contributed by atoms with Gasteiger partial charge in [-0.2, -0.15) is 0 Å². The second kappa shape index (κ2) is 7.06. The van der Waals surface area contributed by atoms with E-state index in [-0.39, 0.29) is 6.17 Å². The summed E-state index contributed by atoms with van der Waals surface area (Å²) in [5.74, 6) is 0.793. The third-order valence-electron chi connectivity index (χ3n) is 2.74. The van der Waals surface area contributed by atoms with Crippen molar-refractivity contribution in [3.8, 4) is 5.75 Å². The monoisotopic (exact) mass is 304 g/mol. The number of nitrogens with one attached hydrogen (secondary N) is 1. The van der Waals surface area contributed by atoms with Crippen molar-refractivity contribution in [3.05, 3.63) is 59.1 Å². The van der Waals surface area contributed by atoms with Crippen LogP contribution in [0.4, 0.5) is 5.69 Å². The van der Waals surface area contributed by atoms with E-state index in [0.29, 0.717) is 5.02 Å². The molecule has 0 spiro atoms. The molecule has 3 nitrogen and oxygen atoms in total. The molecule has 20 heavy (non-hydrogen) atoms. The van der Waals surface area contributed by atoms with Crippen LogP contribution in [0.2, 0.25) is 5.02 Å². The van der Waals surface area contributed by atoms with Gasteiger partial charge in [0.05, 0.1) is 12.3 Å². The fourth-order valence-corrected chi connectivity index (χ4v) is 2.06. The van der Waals surface area contributed by atoms with E-state index >= 15 is 0 Å². The number of rotatable bonds is 5. The van der Waals surface area contributed by atoms with Gasteiger partial charge in [-0.3, -0.25) is 0 Å². The molecule has 0 fully saturated rings. The van der Waals surface area contributed by atoms with Crippen molar-refractivity contribution in [1.29, 1.82) is 0 Å². The van der Waals surface area contributed by atoms with Crippen LogP contribution < -0.4 is 10.1 Å².